The molecule has 0 bridgehead atoms. The summed E-state index contributed by atoms with van der Waals surface area (Å²) in [6, 6.07) is -0.609. The van der Waals surface area contributed by atoms with Crippen molar-refractivity contribution in [1.29, 1.82) is 0 Å². The SMILES string of the molecule is CCC(=O)N1CSCC1C(=O)O.[Ge+4].[SH-].[SH-].[SH-].[SH-]. The number of carboxylic acids is 1. The zero-order valence-corrected chi connectivity index (χ0v) is 15.6. The Labute approximate surface area is 145 Å². The molecule has 0 aromatic heterocycles. The first-order valence-corrected chi connectivity index (χ1v) is 4.92. The molecule has 1 unspecified atom stereocenters. The largest absolute Gasteiger partial charge is 4.00 e. The second-order valence-corrected chi connectivity index (χ2v) is 3.57. The van der Waals surface area contributed by atoms with Crippen molar-refractivity contribution in [2.24, 2.45) is 0 Å². The molecule has 1 rings (SSSR count). The van der Waals surface area contributed by atoms with E-state index in [1.54, 1.807) is 6.92 Å². The van der Waals surface area contributed by atoms with Crippen molar-refractivity contribution in [3.05, 3.63) is 0 Å². The summed E-state index contributed by atoms with van der Waals surface area (Å²) in [5.74, 6) is 0.0549. The molecule has 1 fully saturated rings. The minimum Gasteiger partial charge on any atom is -0.813 e. The molecule has 0 aromatic carbocycles. The summed E-state index contributed by atoms with van der Waals surface area (Å²) in [4.78, 5) is 23.2. The molecule has 0 spiro atoms. The molecule has 100 valence electrons. The maximum absolute atomic E-state index is 11.2. The van der Waals surface area contributed by atoms with Crippen molar-refractivity contribution in [2.75, 3.05) is 11.6 Å². The van der Waals surface area contributed by atoms with Gasteiger partial charge in [0.25, 0.3) is 0 Å². The van der Waals surface area contributed by atoms with E-state index in [2.05, 4.69) is 0 Å². The Morgan fingerprint density at radius 1 is 1.29 bits per heavy atom. The van der Waals surface area contributed by atoms with Crippen molar-refractivity contribution in [2.45, 2.75) is 19.4 Å². The van der Waals surface area contributed by atoms with Crippen LogP contribution in [0.15, 0.2) is 0 Å². The Bertz CT molecular complexity index is 222. The van der Waals surface area contributed by atoms with Gasteiger partial charge in [-0.15, -0.1) is 11.8 Å². The standard InChI is InChI=1S/C7H11NO3S.Ge.4H2S/c1-2-6(9)8-4-12-3-5(8)7(10)11;;;;;/h5H,2-4H2,1H3,(H,10,11);;4*1H2/q;+4;;;;/p-4. The molecule has 0 aromatic rings. The number of aliphatic carboxylic acids is 1. The van der Waals surface area contributed by atoms with Crippen LogP contribution in [0.3, 0.4) is 0 Å². The number of amides is 1. The van der Waals surface area contributed by atoms with Crippen LogP contribution in [0.25, 0.3) is 0 Å². The van der Waals surface area contributed by atoms with Crippen molar-refractivity contribution >= 4 is 95.2 Å². The zero-order chi connectivity index (χ0) is 9.14. The number of hydrogen-bond donors (Lipinski definition) is 1. The number of carbonyl (C=O) groups excluding carboxylic acids is 1. The maximum atomic E-state index is 11.2. The summed E-state index contributed by atoms with van der Waals surface area (Å²) < 4.78 is 0. The van der Waals surface area contributed by atoms with Crippen LogP contribution in [0.2, 0.25) is 0 Å². The Balaban J connectivity index is -0.0000000960. The van der Waals surface area contributed by atoms with Crippen LogP contribution in [0, 0.1) is 0 Å². The van der Waals surface area contributed by atoms with Crippen LogP contribution in [0.1, 0.15) is 13.3 Å². The number of carboxylic acid groups (broad SMARTS) is 1. The average molecular weight is 394 g/mol. The Morgan fingerprint density at radius 2 is 1.76 bits per heavy atom. The third-order valence-electron chi connectivity index (χ3n) is 1.79. The molecule has 4 nitrogen and oxygen atoms in total. The molecule has 17 heavy (non-hydrogen) atoms. The smallest absolute Gasteiger partial charge is 0.813 e. The first-order valence-electron chi connectivity index (χ1n) is 3.76. The summed E-state index contributed by atoms with van der Waals surface area (Å²) in [6.45, 7) is 1.74. The summed E-state index contributed by atoms with van der Waals surface area (Å²) >= 11 is 1.49. The van der Waals surface area contributed by atoms with Gasteiger partial charge in [-0.3, -0.25) is 4.79 Å². The van der Waals surface area contributed by atoms with E-state index in [0.717, 1.165) is 0 Å². The van der Waals surface area contributed by atoms with Gasteiger partial charge < -0.3 is 64.0 Å². The van der Waals surface area contributed by atoms with Gasteiger partial charge in [-0.1, -0.05) is 6.92 Å². The van der Waals surface area contributed by atoms with E-state index in [0.29, 0.717) is 18.1 Å². The number of thioether (sulfide) groups is 1. The van der Waals surface area contributed by atoms with Gasteiger partial charge in [0.1, 0.15) is 6.04 Å². The predicted molar refractivity (Wildman–Crippen MR) is 86.7 cm³/mol. The fraction of sp³-hybridized carbons (Fsp3) is 0.714. The van der Waals surface area contributed by atoms with E-state index < -0.39 is 12.0 Å². The molecule has 1 atom stereocenters. The van der Waals surface area contributed by atoms with Gasteiger partial charge in [0.2, 0.25) is 5.91 Å². The van der Waals surface area contributed by atoms with E-state index in [1.807, 2.05) is 0 Å². The monoisotopic (exact) mass is 395 g/mol. The van der Waals surface area contributed by atoms with E-state index >= 15 is 0 Å². The maximum Gasteiger partial charge on any atom is 4.00 e. The van der Waals surface area contributed by atoms with Crippen molar-refractivity contribution in [3.63, 3.8) is 0 Å². The van der Waals surface area contributed by atoms with Gasteiger partial charge in [0.05, 0.1) is 5.88 Å². The molecule has 1 aliphatic rings. The summed E-state index contributed by atoms with van der Waals surface area (Å²) in [5.41, 5.74) is 0. The fourth-order valence-corrected chi connectivity index (χ4v) is 2.27. The number of rotatable bonds is 2. The summed E-state index contributed by atoms with van der Waals surface area (Å²) in [6.07, 6.45) is 0.379. The van der Waals surface area contributed by atoms with E-state index in [9.17, 15) is 9.59 Å². The predicted octanol–water partition coefficient (Wildman–Crippen LogP) is -1.08. The van der Waals surface area contributed by atoms with Gasteiger partial charge in [-0.05, 0) is 0 Å². The second-order valence-electron chi connectivity index (χ2n) is 2.57. The summed E-state index contributed by atoms with van der Waals surface area (Å²) in [7, 11) is 0. The molecule has 0 aliphatic carbocycles. The zero-order valence-electron chi connectivity index (χ0n) is 9.11. The van der Waals surface area contributed by atoms with Gasteiger partial charge in [0, 0.05) is 12.2 Å². The molecular weight excluding hydrogens is 379 g/mol. The van der Waals surface area contributed by atoms with E-state index in [4.69, 9.17) is 5.11 Å². The summed E-state index contributed by atoms with van der Waals surface area (Å²) in [5, 5.41) is 8.72. The van der Waals surface area contributed by atoms with Gasteiger partial charge in [-0.2, -0.15) is 0 Å². The number of nitrogens with zero attached hydrogens (tertiary/aromatic N) is 1. The van der Waals surface area contributed by atoms with Crippen molar-refractivity contribution in [3.8, 4) is 0 Å². The van der Waals surface area contributed by atoms with E-state index in [1.165, 1.54) is 16.7 Å². The van der Waals surface area contributed by atoms with Crippen molar-refractivity contribution in [1.82, 2.24) is 4.90 Å². The Hall–Kier alpha value is 1.23. The van der Waals surface area contributed by atoms with Gasteiger partial charge in [-0.25, -0.2) is 4.79 Å². The Kier molecular flexibility index (Phi) is 27.8. The van der Waals surface area contributed by atoms with E-state index in [-0.39, 0.29) is 77.5 Å². The van der Waals surface area contributed by atoms with Crippen LogP contribution in [0.5, 0.6) is 0 Å². The van der Waals surface area contributed by atoms with Gasteiger partial charge >= 0.3 is 23.6 Å². The molecule has 1 N–H and O–H groups in total. The van der Waals surface area contributed by atoms with Crippen LogP contribution in [0.4, 0.5) is 0 Å². The molecule has 0 saturated carbocycles. The molecule has 1 aliphatic heterocycles. The molecule has 10 heteroatoms. The van der Waals surface area contributed by atoms with Crippen LogP contribution in [-0.2, 0) is 63.6 Å². The first kappa shape index (κ1) is 30.9. The second kappa shape index (κ2) is 15.3. The van der Waals surface area contributed by atoms with Crippen LogP contribution >= 0.6 is 11.8 Å². The number of hydrogen-bond acceptors (Lipinski definition) is 7. The molecule has 1 saturated heterocycles. The molecule has 1 amide bonds. The molecule has 1 heterocycles. The quantitative estimate of drug-likeness (QED) is 0.361. The minimum atomic E-state index is -0.901. The third kappa shape index (κ3) is 8.87. The fourth-order valence-electron chi connectivity index (χ4n) is 1.10. The van der Waals surface area contributed by atoms with Crippen molar-refractivity contribution < 1.29 is 14.7 Å². The molecule has 0 radical (unpaired) electrons. The molecular formula is C7H15GeNO3S5. The van der Waals surface area contributed by atoms with Gasteiger partial charge in [0.15, 0.2) is 0 Å². The van der Waals surface area contributed by atoms with Crippen LogP contribution in [-0.4, -0.2) is 57.2 Å². The topological polar surface area (TPSA) is 57.6 Å². The number of thiol groups is 4. The average Bonchev–Trinajstić information content (AvgIpc) is 2.50. The normalized spacial score (nSPS) is 16.1. The third-order valence-corrected chi connectivity index (χ3v) is 2.80. The number of carbonyl (C=O) groups is 2. The first-order chi connectivity index (χ1) is 5.66. The van der Waals surface area contributed by atoms with Crippen LogP contribution < -0.4 is 0 Å². The Morgan fingerprint density at radius 3 is 2.12 bits per heavy atom. The minimum absolute atomic E-state index is 0.